The molecular formula is C55H68N2O8S. The molecule has 1 aliphatic heterocycles. The predicted octanol–water partition coefficient (Wildman–Crippen LogP) is 11.7. The third kappa shape index (κ3) is 11.5. The second kappa shape index (κ2) is 23.1. The van der Waals surface area contributed by atoms with Crippen molar-refractivity contribution in [2.24, 2.45) is 22.9 Å². The topological polar surface area (TPSA) is 119 Å². The van der Waals surface area contributed by atoms with Gasteiger partial charge in [0.25, 0.3) is 0 Å². The number of allylic oxidation sites excluding steroid dienone is 1. The van der Waals surface area contributed by atoms with Gasteiger partial charge in [0.05, 0.1) is 38.0 Å². The van der Waals surface area contributed by atoms with Crippen molar-refractivity contribution >= 4 is 34.3 Å². The molecule has 352 valence electrons. The molecular weight excluding hydrogens is 849 g/mol. The minimum absolute atomic E-state index is 0.0665. The Kier molecular flexibility index (Phi) is 17.1. The fourth-order valence-electron chi connectivity index (χ4n) is 9.99. The van der Waals surface area contributed by atoms with Crippen LogP contribution in [0.4, 0.5) is 4.79 Å². The second-order valence-corrected chi connectivity index (χ2v) is 19.6. The summed E-state index contributed by atoms with van der Waals surface area (Å²) in [4.78, 5) is 24.3. The Morgan fingerprint density at radius 1 is 0.924 bits per heavy atom. The molecule has 1 fully saturated rings. The summed E-state index contributed by atoms with van der Waals surface area (Å²) in [5.41, 5.74) is 3.04. The molecule has 7 rings (SSSR count). The van der Waals surface area contributed by atoms with E-state index in [0.29, 0.717) is 31.6 Å². The van der Waals surface area contributed by atoms with Gasteiger partial charge in [0.1, 0.15) is 23.1 Å². The van der Waals surface area contributed by atoms with Crippen LogP contribution in [0.3, 0.4) is 0 Å². The summed E-state index contributed by atoms with van der Waals surface area (Å²) < 4.78 is 27.3. The molecule has 0 spiro atoms. The van der Waals surface area contributed by atoms with Crippen molar-refractivity contribution in [3.63, 3.8) is 0 Å². The highest BCUT2D eigenvalue weighted by Crippen LogP contribution is 2.62. The summed E-state index contributed by atoms with van der Waals surface area (Å²) >= 11 is 1.75. The van der Waals surface area contributed by atoms with E-state index < -0.39 is 29.4 Å². The zero-order valence-corrected chi connectivity index (χ0v) is 39.8. The number of hydrogen-bond donors (Lipinski definition) is 2. The Morgan fingerprint density at radius 3 is 2.44 bits per heavy atom. The number of hydrogen-bond acceptors (Lipinski definition) is 10. The van der Waals surface area contributed by atoms with Crippen LogP contribution in [0.25, 0.3) is 10.8 Å². The summed E-state index contributed by atoms with van der Waals surface area (Å²) in [7, 11) is 0. The summed E-state index contributed by atoms with van der Waals surface area (Å²) in [5.74, 6) is 0.224. The number of benzene rings is 4. The van der Waals surface area contributed by atoms with Crippen molar-refractivity contribution in [2.75, 3.05) is 38.8 Å². The van der Waals surface area contributed by atoms with E-state index in [1.165, 1.54) is 4.90 Å². The number of oxime groups is 1. The van der Waals surface area contributed by atoms with Gasteiger partial charge in [0, 0.05) is 41.8 Å². The first kappa shape index (κ1) is 48.9. The molecule has 2 N–H and O–H groups in total. The van der Waals surface area contributed by atoms with Crippen molar-refractivity contribution in [1.82, 2.24) is 4.90 Å². The van der Waals surface area contributed by atoms with Crippen molar-refractivity contribution in [3.8, 4) is 11.5 Å². The molecule has 2 aliphatic carbocycles. The zero-order valence-electron chi connectivity index (χ0n) is 38.9. The van der Waals surface area contributed by atoms with E-state index in [1.54, 1.807) is 28.8 Å². The van der Waals surface area contributed by atoms with E-state index in [4.69, 9.17) is 28.9 Å². The molecule has 0 saturated heterocycles. The Balaban J connectivity index is 1.42. The number of nitrogens with zero attached hydrogens (tertiary/aromatic N) is 2. The summed E-state index contributed by atoms with van der Waals surface area (Å²) in [6.45, 7) is 15.1. The predicted molar refractivity (Wildman–Crippen MR) is 264 cm³/mol. The lowest BCUT2D eigenvalue weighted by Crippen LogP contribution is -2.70. The Labute approximate surface area is 395 Å². The Morgan fingerprint density at radius 2 is 1.68 bits per heavy atom. The zero-order chi connectivity index (χ0) is 46.5. The average Bonchev–Trinajstić information content (AvgIpc) is 3.32. The molecule has 0 bridgehead atoms. The van der Waals surface area contributed by atoms with Gasteiger partial charge in [0.15, 0.2) is 0 Å². The van der Waals surface area contributed by atoms with Crippen LogP contribution < -0.4 is 9.47 Å². The highest BCUT2D eigenvalue weighted by atomic mass is 32.2. The molecule has 66 heavy (non-hydrogen) atoms. The van der Waals surface area contributed by atoms with Crippen LogP contribution >= 0.6 is 11.8 Å². The molecule has 10 nitrogen and oxygen atoms in total. The van der Waals surface area contributed by atoms with Gasteiger partial charge in [-0.2, -0.15) is 0 Å². The van der Waals surface area contributed by atoms with Gasteiger partial charge in [-0.05, 0) is 117 Å². The van der Waals surface area contributed by atoms with E-state index in [0.717, 1.165) is 70.4 Å². The smallest absolute Gasteiger partial charge is 0.410 e. The molecule has 3 aliphatic rings. The van der Waals surface area contributed by atoms with Crippen molar-refractivity contribution < 1.29 is 38.8 Å². The number of rotatable bonds is 23. The monoisotopic (exact) mass is 916 g/mol. The molecule has 11 heteroatoms. The number of fused-ring (bicyclic) bond motifs is 3. The lowest BCUT2D eigenvalue weighted by Gasteiger charge is -2.60. The number of amides is 1. The minimum atomic E-state index is -1.44. The summed E-state index contributed by atoms with van der Waals surface area (Å²) in [6, 6.07) is 30.0. The van der Waals surface area contributed by atoms with Crippen LogP contribution in [0.2, 0.25) is 0 Å². The maximum absolute atomic E-state index is 15.0. The van der Waals surface area contributed by atoms with Gasteiger partial charge < -0.3 is 34.0 Å². The third-order valence-electron chi connectivity index (χ3n) is 12.8. The molecule has 4 aromatic carbocycles. The van der Waals surface area contributed by atoms with Gasteiger partial charge in [-0.15, -0.1) is 24.9 Å². The maximum atomic E-state index is 15.0. The summed E-state index contributed by atoms with van der Waals surface area (Å²) in [5, 5.41) is 27.1. The molecule has 0 unspecified atom stereocenters. The maximum Gasteiger partial charge on any atom is 0.410 e. The SMILES string of the molecule is C=CCCOC(=O)N(Cc1cccc2ccccc12)[C@H]1CC(=NOC(C)(C)C)C2=C[C@H](CCCCO)[C@@H](CCCCO)[C@@H]3c4cc(OCCSc5ccccc5)ccc4O[C@@]1(OCC=C)[C@H]23. The number of aliphatic hydroxyl groups excluding tert-OH is 2. The Hall–Kier alpha value is -5.07. The second-order valence-electron chi connectivity index (χ2n) is 18.4. The van der Waals surface area contributed by atoms with E-state index in [-0.39, 0.29) is 57.1 Å². The Bertz CT molecular complexity index is 2300. The van der Waals surface area contributed by atoms with Gasteiger partial charge in [-0.25, -0.2) is 4.79 Å². The molecule has 4 aromatic rings. The molecule has 1 heterocycles. The van der Waals surface area contributed by atoms with Gasteiger partial charge in [-0.3, -0.25) is 4.90 Å². The van der Waals surface area contributed by atoms with Crippen molar-refractivity contribution in [1.29, 1.82) is 0 Å². The molecule has 1 amide bonds. The number of carbonyl (C=O) groups excluding carboxylic acids is 1. The first-order chi connectivity index (χ1) is 32.1. The molecule has 0 aromatic heterocycles. The first-order valence-electron chi connectivity index (χ1n) is 23.7. The highest BCUT2D eigenvalue weighted by molar-refractivity contribution is 7.99. The fourth-order valence-corrected chi connectivity index (χ4v) is 10.7. The van der Waals surface area contributed by atoms with E-state index >= 15 is 0 Å². The van der Waals surface area contributed by atoms with Gasteiger partial charge >= 0.3 is 6.09 Å². The molecule has 6 atom stereocenters. The minimum Gasteiger partial charge on any atom is -0.493 e. The van der Waals surface area contributed by atoms with Gasteiger partial charge in [-0.1, -0.05) is 96.9 Å². The van der Waals surface area contributed by atoms with Gasteiger partial charge in [0.2, 0.25) is 5.79 Å². The normalized spacial score (nSPS) is 22.7. The third-order valence-corrected chi connectivity index (χ3v) is 13.8. The van der Waals surface area contributed by atoms with E-state index in [2.05, 4.69) is 61.7 Å². The summed E-state index contributed by atoms with van der Waals surface area (Å²) in [6.07, 6.45) is 10.8. The van der Waals surface area contributed by atoms with Crippen LogP contribution in [-0.2, 0) is 20.9 Å². The molecule has 0 radical (unpaired) electrons. The van der Waals surface area contributed by atoms with Crippen LogP contribution in [-0.4, -0.2) is 83.1 Å². The highest BCUT2D eigenvalue weighted by Gasteiger charge is 2.65. The van der Waals surface area contributed by atoms with E-state index in [1.807, 2.05) is 69.3 Å². The fraction of sp³-hybridized carbons (Fsp3) is 0.455. The van der Waals surface area contributed by atoms with Crippen LogP contribution in [0.15, 0.2) is 138 Å². The van der Waals surface area contributed by atoms with Crippen LogP contribution in [0, 0.1) is 17.8 Å². The van der Waals surface area contributed by atoms with E-state index in [9.17, 15) is 15.0 Å². The lowest BCUT2D eigenvalue weighted by molar-refractivity contribution is -0.256. The number of unbranched alkanes of at least 4 members (excludes halogenated alkanes) is 2. The number of ether oxygens (including phenoxy) is 4. The largest absolute Gasteiger partial charge is 0.493 e. The molecule has 1 saturated carbocycles. The standard InChI is InChI=1S/C55H68N2O8S/c1-6-8-32-62-53(60)57(38-41-22-18-21-39-19-12-13-25-44(39)41)50-37-48(56-65-54(3,4)5)46-35-40(20-14-16-29-58)45(26-15-17-30-59)51-47-36-42(61-33-34-66-43-23-10-9-11-24-43)27-28-49(47)64-55(50,52(46)51)63-31-7-2/h6-7,9-13,18-19,21-25,27-28,35-36,40,45,50-52,58-59H,1-2,8,14-17,20,26,29-34,37-38H2,3-5H3/t40-,45+,50-,51+,52+,55+/m0/s1. The first-order valence-corrected chi connectivity index (χ1v) is 24.7. The van der Waals surface area contributed by atoms with Crippen LogP contribution in [0.5, 0.6) is 11.5 Å². The van der Waals surface area contributed by atoms with Crippen LogP contribution in [0.1, 0.15) is 89.2 Å². The van der Waals surface area contributed by atoms with Crippen molar-refractivity contribution in [3.05, 3.63) is 139 Å². The quantitative estimate of drug-likeness (QED) is 0.0324. The van der Waals surface area contributed by atoms with Crippen molar-refractivity contribution in [2.45, 2.75) is 107 Å². The average molecular weight is 917 g/mol. The number of carbonyl (C=O) groups is 1. The lowest BCUT2D eigenvalue weighted by atomic mass is 9.55. The number of thioether (sulfide) groups is 1. The number of aliphatic hydroxyl groups is 2.